The Morgan fingerprint density at radius 1 is 0.301 bits per heavy atom. The zero-order chi connectivity index (χ0) is 68.9. The maximum Gasteiger partial charge on any atom is 0.472 e. The average molecular weight is 1370 g/mol. The maximum absolute atomic E-state index is 13.1. The number of hydrogen-bond donors (Lipinski definition) is 3. The highest BCUT2D eigenvalue weighted by molar-refractivity contribution is 7.47. The van der Waals surface area contributed by atoms with Gasteiger partial charge in [-0.2, -0.15) is 0 Å². The van der Waals surface area contributed by atoms with Gasteiger partial charge in [-0.1, -0.05) is 319 Å². The highest BCUT2D eigenvalue weighted by atomic mass is 31.2. The van der Waals surface area contributed by atoms with Crippen LogP contribution in [0.5, 0.6) is 0 Å². The van der Waals surface area contributed by atoms with Gasteiger partial charge in [0.1, 0.15) is 19.3 Å². The molecular weight excluding hydrogens is 1220 g/mol. The fraction of sp³-hybridized carbons (Fsp3) is 0.946. The van der Waals surface area contributed by atoms with Crippen LogP contribution >= 0.6 is 15.6 Å². The predicted octanol–water partition coefficient (Wildman–Crippen LogP) is 21.3. The van der Waals surface area contributed by atoms with Gasteiger partial charge in [-0.15, -0.1) is 0 Å². The third kappa shape index (κ3) is 65.8. The number of phosphoric acid groups is 2. The third-order valence-electron chi connectivity index (χ3n) is 17.8. The number of aliphatic hydroxyl groups is 1. The molecule has 0 aromatic carbocycles. The Hall–Kier alpha value is -1.94. The number of ether oxygens (including phenoxy) is 4. The molecular formula is C74H144O17P2. The standard InChI is InChI=1S/C74H144O17P2/c1-9-66(7)52-44-36-28-22-18-13-11-12-14-19-23-29-38-46-54-71(76)84-60-69(90-73(78)56-48-40-30-24-20-16-15-17-21-26-34-42-50-64(3)4)62-88-92(80,81)86-58-68(75)59-87-93(82,83)89-63-70(91-74(79)57-49-41-31-25-27-35-43-51-65(5)6)61-85-72(77)55-47-39-33-32-37-45-53-67(8)10-2/h64-70,75H,9-63H2,1-8H3,(H,80,81)(H,82,83)/t66?,67?,68-,69-,70-/m1/s1. The second-order valence-corrected chi connectivity index (χ2v) is 31.0. The first-order chi connectivity index (χ1) is 44.7. The van der Waals surface area contributed by atoms with Gasteiger partial charge in [-0.25, -0.2) is 9.13 Å². The van der Waals surface area contributed by atoms with Crippen molar-refractivity contribution in [3.8, 4) is 0 Å². The molecule has 17 nitrogen and oxygen atoms in total. The summed E-state index contributed by atoms with van der Waals surface area (Å²) in [7, 11) is -9.91. The van der Waals surface area contributed by atoms with Crippen LogP contribution in [0.1, 0.15) is 370 Å². The maximum atomic E-state index is 13.1. The Balaban J connectivity index is 5.23. The van der Waals surface area contributed by atoms with Crippen LogP contribution in [0.2, 0.25) is 0 Å². The van der Waals surface area contributed by atoms with Crippen LogP contribution < -0.4 is 0 Å². The van der Waals surface area contributed by atoms with Crippen molar-refractivity contribution >= 4 is 39.5 Å². The third-order valence-corrected chi connectivity index (χ3v) is 19.7. The predicted molar refractivity (Wildman–Crippen MR) is 377 cm³/mol. The Morgan fingerprint density at radius 3 is 0.763 bits per heavy atom. The Labute approximate surface area is 568 Å². The molecule has 0 saturated carbocycles. The fourth-order valence-electron chi connectivity index (χ4n) is 11.1. The van der Waals surface area contributed by atoms with E-state index in [0.29, 0.717) is 31.6 Å². The summed E-state index contributed by atoms with van der Waals surface area (Å²) in [6.45, 7) is 14.1. The van der Waals surface area contributed by atoms with Gasteiger partial charge in [0, 0.05) is 25.7 Å². The Bertz CT molecular complexity index is 1840. The Morgan fingerprint density at radius 2 is 0.516 bits per heavy atom. The molecule has 0 rings (SSSR count). The minimum Gasteiger partial charge on any atom is -0.462 e. The van der Waals surface area contributed by atoms with Gasteiger partial charge < -0.3 is 33.8 Å². The summed E-state index contributed by atoms with van der Waals surface area (Å²) < 4.78 is 68.4. The second kappa shape index (κ2) is 63.5. The van der Waals surface area contributed by atoms with Crippen LogP contribution in [0, 0.1) is 23.7 Å². The summed E-state index contributed by atoms with van der Waals surface area (Å²) in [5.74, 6) is 0.927. The van der Waals surface area contributed by atoms with Gasteiger partial charge in [0.15, 0.2) is 12.2 Å². The molecule has 0 fully saturated rings. The molecule has 3 N–H and O–H groups in total. The molecule has 0 aromatic rings. The van der Waals surface area contributed by atoms with Crippen molar-refractivity contribution in [2.45, 2.75) is 388 Å². The summed E-state index contributed by atoms with van der Waals surface area (Å²) in [4.78, 5) is 72.7. The molecule has 0 radical (unpaired) electrons. The molecule has 19 heteroatoms. The van der Waals surface area contributed by atoms with Crippen molar-refractivity contribution in [2.24, 2.45) is 23.7 Å². The van der Waals surface area contributed by atoms with E-state index in [0.717, 1.165) is 114 Å². The summed E-state index contributed by atoms with van der Waals surface area (Å²) in [6.07, 6.45) is 47.3. The lowest BCUT2D eigenvalue weighted by molar-refractivity contribution is -0.161. The van der Waals surface area contributed by atoms with E-state index in [1.165, 1.54) is 167 Å². The van der Waals surface area contributed by atoms with Gasteiger partial charge in [0.2, 0.25) is 0 Å². The molecule has 7 atom stereocenters. The minimum atomic E-state index is -4.96. The van der Waals surface area contributed by atoms with Crippen molar-refractivity contribution in [1.29, 1.82) is 0 Å². The number of rotatable bonds is 71. The van der Waals surface area contributed by atoms with E-state index in [1.54, 1.807) is 0 Å². The van der Waals surface area contributed by atoms with Gasteiger partial charge >= 0.3 is 39.5 Å². The van der Waals surface area contributed by atoms with Gasteiger partial charge in [-0.05, 0) is 49.4 Å². The van der Waals surface area contributed by atoms with E-state index in [1.807, 2.05) is 0 Å². The topological polar surface area (TPSA) is 237 Å². The quantitative estimate of drug-likeness (QED) is 0.0222. The van der Waals surface area contributed by atoms with Gasteiger partial charge in [-0.3, -0.25) is 37.3 Å². The number of carbonyl (C=O) groups excluding carboxylic acids is 4. The van der Waals surface area contributed by atoms with Gasteiger partial charge in [0.25, 0.3) is 0 Å². The van der Waals surface area contributed by atoms with Crippen LogP contribution in [-0.4, -0.2) is 96.7 Å². The summed E-state index contributed by atoms with van der Waals surface area (Å²) in [5.41, 5.74) is 0. The zero-order valence-electron chi connectivity index (χ0n) is 60.9. The van der Waals surface area contributed by atoms with E-state index < -0.39 is 97.5 Å². The van der Waals surface area contributed by atoms with Crippen molar-refractivity contribution in [3.05, 3.63) is 0 Å². The van der Waals surface area contributed by atoms with E-state index in [-0.39, 0.29) is 25.7 Å². The van der Waals surface area contributed by atoms with Crippen LogP contribution in [0.25, 0.3) is 0 Å². The number of phosphoric ester groups is 2. The lowest BCUT2D eigenvalue weighted by atomic mass is 9.99. The number of aliphatic hydroxyl groups excluding tert-OH is 1. The average Bonchev–Trinajstić information content (AvgIpc) is 2.31. The van der Waals surface area contributed by atoms with E-state index in [4.69, 9.17) is 37.0 Å². The SMILES string of the molecule is CCC(C)CCCCCCCCCCCCCCCCC(=O)OC[C@H](COP(=O)(O)OC[C@@H](O)COP(=O)(O)OC[C@@H](COC(=O)CCCCCCCCC(C)CC)OC(=O)CCCCCCCCCC(C)C)OC(=O)CCCCCCCCCCCCCCC(C)C. The minimum absolute atomic E-state index is 0.102. The molecule has 552 valence electrons. The molecule has 4 unspecified atom stereocenters. The molecule has 0 aliphatic rings. The van der Waals surface area contributed by atoms with Crippen molar-refractivity contribution in [2.75, 3.05) is 39.6 Å². The molecule has 0 bridgehead atoms. The fourth-order valence-corrected chi connectivity index (χ4v) is 12.7. The number of hydrogen-bond acceptors (Lipinski definition) is 15. The second-order valence-electron chi connectivity index (χ2n) is 28.1. The summed E-state index contributed by atoms with van der Waals surface area (Å²) in [5, 5.41) is 10.6. The van der Waals surface area contributed by atoms with Crippen LogP contribution in [-0.2, 0) is 65.4 Å². The number of esters is 4. The zero-order valence-corrected chi connectivity index (χ0v) is 62.7. The highest BCUT2D eigenvalue weighted by Crippen LogP contribution is 2.45. The monoisotopic (exact) mass is 1370 g/mol. The molecule has 93 heavy (non-hydrogen) atoms. The lowest BCUT2D eigenvalue weighted by Crippen LogP contribution is -2.30. The van der Waals surface area contributed by atoms with Crippen LogP contribution in [0.15, 0.2) is 0 Å². The highest BCUT2D eigenvalue weighted by Gasteiger charge is 2.30. The number of unbranched alkanes of at least 4 members (excludes halogenated alkanes) is 35. The van der Waals surface area contributed by atoms with Crippen molar-refractivity contribution in [1.82, 2.24) is 0 Å². The van der Waals surface area contributed by atoms with Crippen molar-refractivity contribution in [3.63, 3.8) is 0 Å². The first kappa shape index (κ1) is 91.1. The largest absolute Gasteiger partial charge is 0.472 e. The molecule has 0 saturated heterocycles. The normalized spacial score (nSPS) is 14.8. The summed E-state index contributed by atoms with van der Waals surface area (Å²) in [6, 6.07) is 0. The molecule has 0 spiro atoms. The van der Waals surface area contributed by atoms with Crippen molar-refractivity contribution < 1.29 is 80.2 Å². The van der Waals surface area contributed by atoms with Crippen LogP contribution in [0.4, 0.5) is 0 Å². The molecule has 0 aliphatic heterocycles. The van der Waals surface area contributed by atoms with E-state index in [2.05, 4.69) is 55.4 Å². The lowest BCUT2D eigenvalue weighted by Gasteiger charge is -2.21. The van der Waals surface area contributed by atoms with E-state index in [9.17, 15) is 43.2 Å². The molecule has 0 aromatic heterocycles. The van der Waals surface area contributed by atoms with E-state index >= 15 is 0 Å². The molecule has 0 heterocycles. The Kier molecular flexibility index (Phi) is 62.2. The first-order valence-corrected chi connectivity index (χ1v) is 41.3. The molecule has 0 amide bonds. The number of carbonyl (C=O) groups is 4. The first-order valence-electron chi connectivity index (χ1n) is 38.3. The van der Waals surface area contributed by atoms with Gasteiger partial charge in [0.05, 0.1) is 26.4 Å². The smallest absolute Gasteiger partial charge is 0.462 e. The summed E-state index contributed by atoms with van der Waals surface area (Å²) >= 11 is 0. The molecule has 0 aliphatic carbocycles. The van der Waals surface area contributed by atoms with Crippen LogP contribution in [0.3, 0.4) is 0 Å².